The lowest BCUT2D eigenvalue weighted by molar-refractivity contribution is -0.0598. The van der Waals surface area contributed by atoms with Crippen LogP contribution in [0.1, 0.15) is 27.0 Å². The highest BCUT2D eigenvalue weighted by molar-refractivity contribution is 6.05. The fourth-order valence-electron chi connectivity index (χ4n) is 3.39. The first-order valence-corrected chi connectivity index (χ1v) is 8.21. The van der Waals surface area contributed by atoms with Gasteiger partial charge in [-0.05, 0) is 38.0 Å². The van der Waals surface area contributed by atoms with Gasteiger partial charge in [0.15, 0.2) is 17.3 Å². The predicted molar refractivity (Wildman–Crippen MR) is 90.0 cm³/mol. The first-order chi connectivity index (χ1) is 12.4. The van der Waals surface area contributed by atoms with E-state index in [2.05, 4.69) is 0 Å². The molecule has 0 bridgehead atoms. The molecule has 7 nitrogen and oxygen atoms in total. The molecule has 0 spiro atoms. The molecule has 0 radical (unpaired) electrons. The molecule has 26 heavy (non-hydrogen) atoms. The van der Waals surface area contributed by atoms with Crippen molar-refractivity contribution in [3.8, 4) is 28.7 Å². The van der Waals surface area contributed by atoms with E-state index in [1.165, 1.54) is 6.92 Å². The van der Waals surface area contributed by atoms with Crippen molar-refractivity contribution in [2.45, 2.75) is 26.6 Å². The Morgan fingerprint density at radius 3 is 2.58 bits per heavy atom. The maximum atomic E-state index is 13.0. The monoisotopic (exact) mass is 358 g/mol. The van der Waals surface area contributed by atoms with E-state index in [1.807, 2.05) is 0 Å². The topological polar surface area (TPSA) is 105 Å². The molecule has 2 aliphatic rings. The zero-order valence-corrected chi connectivity index (χ0v) is 14.3. The molecule has 0 fully saturated rings. The number of fused-ring (bicyclic) bond motifs is 2. The maximum absolute atomic E-state index is 13.0. The van der Waals surface area contributed by atoms with Crippen molar-refractivity contribution >= 4 is 5.78 Å². The molecule has 3 N–H and O–H groups in total. The maximum Gasteiger partial charge on any atom is 0.231 e. The van der Waals surface area contributed by atoms with E-state index in [4.69, 9.17) is 14.2 Å². The summed E-state index contributed by atoms with van der Waals surface area (Å²) in [6.07, 6.45) is -1.19. The summed E-state index contributed by atoms with van der Waals surface area (Å²) >= 11 is 0. The average molecular weight is 358 g/mol. The summed E-state index contributed by atoms with van der Waals surface area (Å²) in [5.41, 5.74) is 1.28. The van der Waals surface area contributed by atoms with Crippen molar-refractivity contribution in [2.24, 2.45) is 5.92 Å². The van der Waals surface area contributed by atoms with Crippen molar-refractivity contribution in [3.63, 3.8) is 0 Å². The highest BCUT2D eigenvalue weighted by atomic mass is 16.7. The summed E-state index contributed by atoms with van der Waals surface area (Å²) in [5, 5.41) is 30.7. The fourth-order valence-corrected chi connectivity index (χ4v) is 3.39. The van der Waals surface area contributed by atoms with Crippen LogP contribution in [0.4, 0.5) is 0 Å². The highest BCUT2D eigenvalue weighted by Gasteiger charge is 2.40. The second kappa shape index (κ2) is 5.81. The molecule has 0 amide bonds. The summed E-state index contributed by atoms with van der Waals surface area (Å²) in [7, 11) is 0. The number of phenols is 2. The molecule has 2 atom stereocenters. The van der Waals surface area contributed by atoms with Crippen LogP contribution in [-0.2, 0) is 6.42 Å². The van der Waals surface area contributed by atoms with E-state index >= 15 is 0 Å². The fraction of sp³-hybridized carbons (Fsp3) is 0.316. The predicted octanol–water partition coefficient (Wildman–Crippen LogP) is 2.20. The van der Waals surface area contributed by atoms with Gasteiger partial charge in [0.1, 0.15) is 22.8 Å². The van der Waals surface area contributed by atoms with E-state index < -0.39 is 18.0 Å². The number of ether oxygens (including phenoxy) is 3. The molecule has 0 saturated carbocycles. The third-order valence-electron chi connectivity index (χ3n) is 4.93. The van der Waals surface area contributed by atoms with Crippen molar-refractivity contribution in [1.29, 1.82) is 0 Å². The normalized spacial score (nSPS) is 20.7. The van der Waals surface area contributed by atoms with Crippen molar-refractivity contribution < 1.29 is 34.3 Å². The second-order valence-electron chi connectivity index (χ2n) is 6.52. The molecule has 4 rings (SSSR count). The Morgan fingerprint density at radius 1 is 1.08 bits per heavy atom. The molecule has 0 aliphatic carbocycles. The smallest absolute Gasteiger partial charge is 0.231 e. The van der Waals surface area contributed by atoms with Gasteiger partial charge in [-0.2, -0.15) is 0 Å². The number of rotatable bonds is 2. The number of benzene rings is 2. The Kier molecular flexibility index (Phi) is 3.69. The molecule has 2 aromatic carbocycles. The lowest BCUT2D eigenvalue weighted by Crippen LogP contribution is -2.39. The lowest BCUT2D eigenvalue weighted by atomic mass is 9.85. The van der Waals surface area contributed by atoms with Gasteiger partial charge in [-0.25, -0.2) is 0 Å². The molecule has 2 aliphatic heterocycles. The number of ketones is 1. The zero-order valence-electron chi connectivity index (χ0n) is 14.3. The number of Topliss-reactive ketones (excluding diaryl/α,β-unsaturated/α-hetero) is 1. The van der Waals surface area contributed by atoms with Gasteiger partial charge in [-0.1, -0.05) is 6.07 Å². The molecule has 136 valence electrons. The zero-order chi connectivity index (χ0) is 18.6. The summed E-state index contributed by atoms with van der Waals surface area (Å²) in [5.74, 6) is -0.570. The van der Waals surface area contributed by atoms with Crippen LogP contribution in [0.5, 0.6) is 28.7 Å². The van der Waals surface area contributed by atoms with Crippen LogP contribution < -0.4 is 14.2 Å². The molecule has 0 unspecified atom stereocenters. The van der Waals surface area contributed by atoms with Gasteiger partial charge in [0.2, 0.25) is 13.1 Å². The molecule has 2 heterocycles. The Hall–Kier alpha value is -2.93. The number of carbonyl (C=O) groups is 1. The van der Waals surface area contributed by atoms with E-state index in [0.717, 1.165) is 5.56 Å². The largest absolute Gasteiger partial charge is 0.507 e. The van der Waals surface area contributed by atoms with Gasteiger partial charge in [0, 0.05) is 11.1 Å². The average Bonchev–Trinajstić information content (AvgIpc) is 3.09. The van der Waals surface area contributed by atoms with Crippen LogP contribution in [0.3, 0.4) is 0 Å². The minimum Gasteiger partial charge on any atom is -0.507 e. The Bertz CT molecular complexity index is 919. The van der Waals surface area contributed by atoms with E-state index in [-0.39, 0.29) is 41.6 Å². The van der Waals surface area contributed by atoms with Crippen LogP contribution in [0.2, 0.25) is 0 Å². The molecular formula is C19H18O7. The molecule has 0 saturated heterocycles. The van der Waals surface area contributed by atoms with Crippen molar-refractivity contribution in [1.82, 2.24) is 0 Å². The van der Waals surface area contributed by atoms with Gasteiger partial charge in [-0.3, -0.25) is 4.79 Å². The van der Waals surface area contributed by atoms with Gasteiger partial charge in [-0.15, -0.1) is 0 Å². The number of carbonyl (C=O) groups excluding carboxylic acids is 1. The standard InChI is InChI=1S/C19H18O7/c1-8-15(20)9(2)18-14(16(8)21)17(22)11(19(23)26-18)5-10-3-4-12-13(6-10)25-7-24-12/h3-4,6,11,19-21,23H,5,7H2,1-2H3/t11-,19+/m0/s1. The minimum absolute atomic E-state index is 0.00570. The number of aromatic hydroxyl groups is 2. The number of aliphatic hydroxyl groups excluding tert-OH is 1. The molecule has 2 aromatic rings. The summed E-state index contributed by atoms with van der Waals surface area (Å²) < 4.78 is 16.1. The van der Waals surface area contributed by atoms with Gasteiger partial charge >= 0.3 is 0 Å². The number of phenolic OH excluding ortho intramolecular Hbond substituents is 2. The lowest BCUT2D eigenvalue weighted by Gasteiger charge is -2.31. The Balaban J connectivity index is 1.71. The summed E-state index contributed by atoms with van der Waals surface area (Å²) in [4.78, 5) is 13.0. The third-order valence-corrected chi connectivity index (χ3v) is 4.93. The van der Waals surface area contributed by atoms with Crippen LogP contribution in [0.15, 0.2) is 18.2 Å². The van der Waals surface area contributed by atoms with E-state index in [1.54, 1.807) is 25.1 Å². The first-order valence-electron chi connectivity index (χ1n) is 8.21. The van der Waals surface area contributed by atoms with Gasteiger partial charge in [0.25, 0.3) is 0 Å². The molecule has 7 heteroatoms. The first kappa shape index (κ1) is 16.5. The van der Waals surface area contributed by atoms with Crippen LogP contribution >= 0.6 is 0 Å². The molecular weight excluding hydrogens is 340 g/mol. The van der Waals surface area contributed by atoms with Crippen LogP contribution in [0, 0.1) is 19.8 Å². The Morgan fingerprint density at radius 2 is 1.81 bits per heavy atom. The van der Waals surface area contributed by atoms with Crippen molar-refractivity contribution in [2.75, 3.05) is 6.79 Å². The highest BCUT2D eigenvalue weighted by Crippen LogP contribution is 2.46. The minimum atomic E-state index is -1.39. The number of hydrogen-bond acceptors (Lipinski definition) is 7. The number of hydrogen-bond donors (Lipinski definition) is 3. The second-order valence-corrected chi connectivity index (χ2v) is 6.52. The van der Waals surface area contributed by atoms with Crippen LogP contribution in [-0.4, -0.2) is 34.2 Å². The van der Waals surface area contributed by atoms with Gasteiger partial charge < -0.3 is 29.5 Å². The summed E-state index contributed by atoms with van der Waals surface area (Å²) in [6, 6.07) is 5.29. The summed E-state index contributed by atoms with van der Waals surface area (Å²) in [6.45, 7) is 3.23. The van der Waals surface area contributed by atoms with Crippen LogP contribution in [0.25, 0.3) is 0 Å². The number of aliphatic hydroxyl groups is 1. The van der Waals surface area contributed by atoms with Crippen molar-refractivity contribution in [3.05, 3.63) is 40.5 Å². The SMILES string of the molecule is Cc1c(O)c(C)c2c(c1O)C(=O)[C@H](Cc1ccc3c(c1)OCO3)[C@H](O)O2. The van der Waals surface area contributed by atoms with E-state index in [9.17, 15) is 20.1 Å². The van der Waals surface area contributed by atoms with Gasteiger partial charge in [0.05, 0.1) is 5.92 Å². The Labute approximate surface area is 149 Å². The van der Waals surface area contributed by atoms with E-state index in [0.29, 0.717) is 17.1 Å². The quantitative estimate of drug-likeness (QED) is 0.756. The third kappa shape index (κ3) is 2.35. The molecule has 0 aromatic heterocycles.